The van der Waals surface area contributed by atoms with Gasteiger partial charge < -0.3 is 9.47 Å². The van der Waals surface area contributed by atoms with Gasteiger partial charge in [0.2, 0.25) is 0 Å². The number of ether oxygens (including phenoxy) is 2. The van der Waals surface area contributed by atoms with E-state index >= 15 is 0 Å². The largest absolute Gasteiger partial charge is 0.488 e. The maximum absolute atomic E-state index is 12.7. The van der Waals surface area contributed by atoms with Crippen molar-refractivity contribution in [1.82, 2.24) is 4.90 Å². The van der Waals surface area contributed by atoms with E-state index < -0.39 is 23.2 Å². The summed E-state index contributed by atoms with van der Waals surface area (Å²) in [5, 5.41) is 8.67. The van der Waals surface area contributed by atoms with Gasteiger partial charge in [-0.05, 0) is 71.4 Å². The van der Waals surface area contributed by atoms with E-state index in [1.807, 2.05) is 12.1 Å². The number of hydrogen-bond acceptors (Lipinski definition) is 7. The molecule has 2 aromatic rings. The van der Waals surface area contributed by atoms with E-state index in [1.54, 1.807) is 43.3 Å². The Hall–Kier alpha value is -3.09. The van der Waals surface area contributed by atoms with Gasteiger partial charge >= 0.3 is 5.97 Å². The van der Waals surface area contributed by atoms with Crippen LogP contribution in [0, 0.1) is 11.3 Å². The fourth-order valence-electron chi connectivity index (χ4n) is 2.97. The molecule has 1 saturated heterocycles. The lowest BCUT2D eigenvalue weighted by Gasteiger charge is -2.19. The number of benzene rings is 2. The van der Waals surface area contributed by atoms with Crippen LogP contribution in [-0.4, -0.2) is 34.7 Å². The van der Waals surface area contributed by atoms with Crippen molar-refractivity contribution in [3.63, 3.8) is 0 Å². The van der Waals surface area contributed by atoms with Crippen molar-refractivity contribution in [2.75, 3.05) is 6.61 Å². The molecule has 1 aliphatic rings. The quantitative estimate of drug-likeness (QED) is 0.383. The van der Waals surface area contributed by atoms with Crippen molar-refractivity contribution < 1.29 is 23.9 Å². The molecule has 32 heavy (non-hydrogen) atoms. The van der Waals surface area contributed by atoms with Gasteiger partial charge in [-0.1, -0.05) is 24.3 Å². The third-order valence-corrected chi connectivity index (χ3v) is 6.12. The van der Waals surface area contributed by atoms with Gasteiger partial charge in [0.15, 0.2) is 0 Å². The van der Waals surface area contributed by atoms with Crippen LogP contribution in [0.25, 0.3) is 6.08 Å². The third-order valence-electron chi connectivity index (χ3n) is 4.61. The molecule has 9 heteroatoms. The van der Waals surface area contributed by atoms with Gasteiger partial charge in [0.1, 0.15) is 18.4 Å². The van der Waals surface area contributed by atoms with Crippen LogP contribution >= 0.6 is 27.7 Å². The number of nitrogens with zero attached hydrogens (tertiary/aromatic N) is 2. The molecule has 0 bridgehead atoms. The van der Waals surface area contributed by atoms with Crippen molar-refractivity contribution in [2.45, 2.75) is 26.5 Å². The minimum atomic E-state index is -0.993. The standard InChI is InChI=1S/C23H19BrN2O5S/c1-3-30-22(28)14(2)26-21(27)20(32-23(26)29)11-15-8-9-19(18(24)10-15)31-13-17-7-5-4-6-16(17)12-25/h4-11,14H,3,13H2,1-2H3/b20-11+/t14-/m0/s1. The number of carbonyl (C=O) groups is 3. The van der Waals surface area contributed by atoms with E-state index in [0.717, 1.165) is 22.2 Å². The monoisotopic (exact) mass is 514 g/mol. The van der Waals surface area contributed by atoms with Crippen LogP contribution in [0.2, 0.25) is 0 Å². The zero-order chi connectivity index (χ0) is 23.3. The molecule has 0 N–H and O–H groups in total. The summed E-state index contributed by atoms with van der Waals surface area (Å²) in [5.41, 5.74) is 2.00. The molecule has 164 valence electrons. The third kappa shape index (κ3) is 5.21. The molecule has 1 heterocycles. The van der Waals surface area contributed by atoms with Crippen molar-refractivity contribution in [3.8, 4) is 11.8 Å². The minimum Gasteiger partial charge on any atom is -0.488 e. The number of esters is 1. The van der Waals surface area contributed by atoms with E-state index in [4.69, 9.17) is 9.47 Å². The summed E-state index contributed by atoms with van der Waals surface area (Å²) in [6.45, 7) is 3.52. The molecule has 1 atom stereocenters. The summed E-state index contributed by atoms with van der Waals surface area (Å²) in [4.78, 5) is 38.0. The normalized spacial score (nSPS) is 15.6. The molecule has 0 aromatic heterocycles. The maximum Gasteiger partial charge on any atom is 0.329 e. The van der Waals surface area contributed by atoms with Crippen LogP contribution in [0.1, 0.15) is 30.5 Å². The van der Waals surface area contributed by atoms with Gasteiger partial charge in [-0.3, -0.25) is 14.5 Å². The first-order valence-corrected chi connectivity index (χ1v) is 11.3. The number of imide groups is 1. The highest BCUT2D eigenvalue weighted by Crippen LogP contribution is 2.35. The number of thioether (sulfide) groups is 1. The van der Waals surface area contributed by atoms with E-state index in [1.165, 1.54) is 6.92 Å². The van der Waals surface area contributed by atoms with Gasteiger partial charge in [-0.15, -0.1) is 0 Å². The summed E-state index contributed by atoms with van der Waals surface area (Å²) >= 11 is 4.23. The van der Waals surface area contributed by atoms with Crippen molar-refractivity contribution >= 4 is 50.9 Å². The molecular weight excluding hydrogens is 496 g/mol. The predicted molar refractivity (Wildman–Crippen MR) is 124 cm³/mol. The Kier molecular flexibility index (Phi) is 7.72. The predicted octanol–water partition coefficient (Wildman–Crippen LogP) is 4.89. The SMILES string of the molecule is CCOC(=O)[C@H](C)N1C(=O)S/C(=C/c2ccc(OCc3ccccc3C#N)c(Br)c2)C1=O. The fourth-order valence-corrected chi connectivity index (χ4v) is 4.39. The second-order valence-corrected chi connectivity index (χ2v) is 8.57. The Labute approximate surface area is 198 Å². The number of rotatable bonds is 7. The Morgan fingerprint density at radius 2 is 2.03 bits per heavy atom. The summed E-state index contributed by atoms with van der Waals surface area (Å²) in [5.74, 6) is -0.595. The maximum atomic E-state index is 12.7. The Morgan fingerprint density at radius 3 is 2.72 bits per heavy atom. The first-order valence-electron chi connectivity index (χ1n) is 9.69. The number of nitriles is 1. The van der Waals surface area contributed by atoms with Crippen LogP contribution in [0.5, 0.6) is 5.75 Å². The smallest absolute Gasteiger partial charge is 0.329 e. The van der Waals surface area contributed by atoms with Crippen LogP contribution in [0.3, 0.4) is 0 Å². The van der Waals surface area contributed by atoms with Crippen LogP contribution < -0.4 is 4.74 Å². The molecule has 0 spiro atoms. The average Bonchev–Trinajstić information content (AvgIpc) is 3.05. The summed E-state index contributed by atoms with van der Waals surface area (Å²) in [6, 6.07) is 13.6. The Balaban J connectivity index is 1.73. The molecule has 7 nitrogen and oxygen atoms in total. The van der Waals surface area contributed by atoms with Crippen molar-refractivity contribution in [1.29, 1.82) is 5.26 Å². The van der Waals surface area contributed by atoms with Crippen LogP contribution in [0.4, 0.5) is 4.79 Å². The minimum absolute atomic E-state index is 0.166. The van der Waals surface area contributed by atoms with E-state index in [9.17, 15) is 19.6 Å². The highest BCUT2D eigenvalue weighted by Gasteiger charge is 2.41. The number of halogens is 1. The number of hydrogen-bond donors (Lipinski definition) is 0. The number of amides is 2. The lowest BCUT2D eigenvalue weighted by Crippen LogP contribution is -2.42. The highest BCUT2D eigenvalue weighted by atomic mass is 79.9. The lowest BCUT2D eigenvalue weighted by molar-refractivity contribution is -0.150. The molecule has 1 fully saturated rings. The van der Waals surface area contributed by atoms with E-state index in [-0.39, 0.29) is 18.1 Å². The van der Waals surface area contributed by atoms with Crippen LogP contribution in [-0.2, 0) is 20.9 Å². The number of carbonyl (C=O) groups excluding carboxylic acids is 3. The Morgan fingerprint density at radius 1 is 1.28 bits per heavy atom. The zero-order valence-corrected chi connectivity index (χ0v) is 19.7. The average molecular weight is 515 g/mol. The zero-order valence-electron chi connectivity index (χ0n) is 17.3. The van der Waals surface area contributed by atoms with Gasteiger partial charge in [0, 0.05) is 5.56 Å². The van der Waals surface area contributed by atoms with Gasteiger partial charge in [0.05, 0.1) is 27.6 Å². The molecule has 0 aliphatic carbocycles. The summed E-state index contributed by atoms with van der Waals surface area (Å²) in [7, 11) is 0. The second kappa shape index (κ2) is 10.5. The topological polar surface area (TPSA) is 96.7 Å². The van der Waals surface area contributed by atoms with Crippen molar-refractivity contribution in [2.24, 2.45) is 0 Å². The first-order chi connectivity index (χ1) is 15.3. The molecule has 3 rings (SSSR count). The molecule has 0 saturated carbocycles. The van der Waals surface area contributed by atoms with Gasteiger partial charge in [-0.25, -0.2) is 4.79 Å². The molecule has 1 aliphatic heterocycles. The van der Waals surface area contributed by atoms with E-state index in [2.05, 4.69) is 22.0 Å². The fraction of sp³-hybridized carbons (Fsp3) is 0.217. The van der Waals surface area contributed by atoms with E-state index in [0.29, 0.717) is 21.3 Å². The first kappa shape index (κ1) is 23.6. The summed E-state index contributed by atoms with van der Waals surface area (Å²) in [6.07, 6.45) is 1.59. The summed E-state index contributed by atoms with van der Waals surface area (Å²) < 4.78 is 11.4. The molecule has 2 amide bonds. The Bertz CT molecular complexity index is 1140. The second-order valence-electron chi connectivity index (χ2n) is 6.73. The lowest BCUT2D eigenvalue weighted by atomic mass is 10.1. The molecule has 0 unspecified atom stereocenters. The molecular formula is C23H19BrN2O5S. The highest BCUT2D eigenvalue weighted by molar-refractivity contribution is 9.10. The van der Waals surface area contributed by atoms with Crippen molar-refractivity contribution in [3.05, 3.63) is 68.5 Å². The van der Waals surface area contributed by atoms with Crippen LogP contribution in [0.15, 0.2) is 51.8 Å². The molecule has 0 radical (unpaired) electrons. The van der Waals surface area contributed by atoms with Gasteiger partial charge in [0.25, 0.3) is 11.1 Å². The molecule has 2 aromatic carbocycles. The van der Waals surface area contributed by atoms with Gasteiger partial charge in [-0.2, -0.15) is 5.26 Å².